The molecule has 2 aromatic heterocycles. The molecule has 0 fully saturated rings. The highest BCUT2D eigenvalue weighted by Crippen LogP contribution is 2.31. The molecule has 1 N–H and O–H groups in total. The summed E-state index contributed by atoms with van der Waals surface area (Å²) in [5.41, 5.74) is 0.887. The SMILES string of the molecule is Clc1cccc2nc(NCc3ncon3)sc12. The number of aromatic nitrogens is 3. The van der Waals surface area contributed by atoms with Crippen LogP contribution in [0.25, 0.3) is 10.2 Å². The summed E-state index contributed by atoms with van der Waals surface area (Å²) < 4.78 is 5.62. The van der Waals surface area contributed by atoms with Gasteiger partial charge in [-0.05, 0) is 12.1 Å². The molecule has 0 radical (unpaired) electrons. The van der Waals surface area contributed by atoms with Crippen molar-refractivity contribution in [2.45, 2.75) is 6.54 Å². The van der Waals surface area contributed by atoms with Crippen LogP contribution in [-0.2, 0) is 6.54 Å². The van der Waals surface area contributed by atoms with Crippen LogP contribution in [0.1, 0.15) is 5.82 Å². The minimum Gasteiger partial charge on any atom is -0.354 e. The standard InChI is InChI=1S/C10H7ClN4OS/c11-6-2-1-3-7-9(6)17-10(14-7)12-4-8-13-5-16-15-8/h1-3,5H,4H2,(H,12,14). The Kier molecular flexibility index (Phi) is 2.66. The number of hydrogen-bond acceptors (Lipinski definition) is 6. The highest BCUT2D eigenvalue weighted by atomic mass is 35.5. The van der Waals surface area contributed by atoms with Gasteiger partial charge in [0.2, 0.25) is 6.39 Å². The monoisotopic (exact) mass is 266 g/mol. The van der Waals surface area contributed by atoms with Crippen LogP contribution in [0, 0.1) is 0 Å². The molecule has 2 heterocycles. The topological polar surface area (TPSA) is 63.8 Å². The smallest absolute Gasteiger partial charge is 0.213 e. The number of nitrogens with one attached hydrogen (secondary N) is 1. The third-order valence-electron chi connectivity index (χ3n) is 2.17. The molecule has 0 saturated carbocycles. The van der Waals surface area contributed by atoms with Gasteiger partial charge in [-0.1, -0.05) is 34.2 Å². The second-order valence-corrected chi connectivity index (χ2v) is 4.71. The number of anilines is 1. The molecule has 7 heteroatoms. The first-order valence-corrected chi connectivity index (χ1v) is 6.06. The molecule has 17 heavy (non-hydrogen) atoms. The fourth-order valence-electron chi connectivity index (χ4n) is 1.42. The summed E-state index contributed by atoms with van der Waals surface area (Å²) in [5.74, 6) is 0.593. The van der Waals surface area contributed by atoms with Gasteiger partial charge in [0, 0.05) is 0 Å². The van der Waals surface area contributed by atoms with E-state index in [4.69, 9.17) is 11.6 Å². The van der Waals surface area contributed by atoms with Crippen molar-refractivity contribution >= 4 is 38.3 Å². The number of thiazole rings is 1. The number of rotatable bonds is 3. The van der Waals surface area contributed by atoms with Crippen molar-refractivity contribution in [2.24, 2.45) is 0 Å². The molecule has 86 valence electrons. The summed E-state index contributed by atoms with van der Waals surface area (Å²) >= 11 is 7.58. The minimum atomic E-state index is 0.480. The number of halogens is 1. The maximum absolute atomic E-state index is 6.07. The van der Waals surface area contributed by atoms with Crippen LogP contribution in [0.5, 0.6) is 0 Å². The summed E-state index contributed by atoms with van der Waals surface area (Å²) in [5, 5.41) is 8.34. The van der Waals surface area contributed by atoms with Gasteiger partial charge in [-0.25, -0.2) is 4.98 Å². The Morgan fingerprint density at radius 1 is 1.41 bits per heavy atom. The average molecular weight is 267 g/mol. The Morgan fingerprint density at radius 2 is 2.35 bits per heavy atom. The van der Waals surface area contributed by atoms with Gasteiger partial charge in [0.05, 0.1) is 21.8 Å². The third kappa shape index (κ3) is 2.09. The van der Waals surface area contributed by atoms with Crippen molar-refractivity contribution in [1.29, 1.82) is 0 Å². The molecule has 0 aliphatic rings. The Morgan fingerprint density at radius 3 is 3.12 bits per heavy atom. The summed E-state index contributed by atoms with van der Waals surface area (Å²) in [6.45, 7) is 0.480. The number of fused-ring (bicyclic) bond motifs is 1. The van der Waals surface area contributed by atoms with Crippen LogP contribution >= 0.6 is 22.9 Å². The van der Waals surface area contributed by atoms with E-state index in [0.717, 1.165) is 15.3 Å². The number of nitrogens with zero attached hydrogens (tertiary/aromatic N) is 3. The zero-order valence-electron chi connectivity index (χ0n) is 8.55. The van der Waals surface area contributed by atoms with Gasteiger partial charge in [0.1, 0.15) is 0 Å². The first-order chi connectivity index (χ1) is 8.33. The largest absolute Gasteiger partial charge is 0.354 e. The Labute approximate surface area is 105 Å². The molecule has 0 aliphatic heterocycles. The van der Waals surface area contributed by atoms with Crippen molar-refractivity contribution in [1.82, 2.24) is 15.1 Å². The van der Waals surface area contributed by atoms with Crippen molar-refractivity contribution in [3.05, 3.63) is 35.4 Å². The van der Waals surface area contributed by atoms with E-state index in [1.165, 1.54) is 17.7 Å². The Hall–Kier alpha value is -1.66. The normalized spacial score (nSPS) is 10.9. The molecule has 0 atom stereocenters. The van der Waals surface area contributed by atoms with Crippen LogP contribution in [0.2, 0.25) is 5.02 Å². The zero-order valence-corrected chi connectivity index (χ0v) is 10.1. The molecular formula is C10H7ClN4OS. The summed E-state index contributed by atoms with van der Waals surface area (Å²) in [6.07, 6.45) is 1.30. The van der Waals surface area contributed by atoms with Crippen LogP contribution in [0.4, 0.5) is 5.13 Å². The average Bonchev–Trinajstić information content (AvgIpc) is 2.95. The molecule has 0 saturated heterocycles. The maximum Gasteiger partial charge on any atom is 0.213 e. The Balaban J connectivity index is 1.84. The minimum absolute atomic E-state index is 0.480. The van der Waals surface area contributed by atoms with E-state index in [1.54, 1.807) is 0 Å². The quantitative estimate of drug-likeness (QED) is 0.790. The van der Waals surface area contributed by atoms with Crippen molar-refractivity contribution in [2.75, 3.05) is 5.32 Å². The van der Waals surface area contributed by atoms with E-state index in [-0.39, 0.29) is 0 Å². The lowest BCUT2D eigenvalue weighted by Crippen LogP contribution is -2.00. The van der Waals surface area contributed by atoms with Crippen LogP contribution < -0.4 is 5.32 Å². The lowest BCUT2D eigenvalue weighted by Gasteiger charge is -1.95. The molecule has 0 aliphatic carbocycles. The summed E-state index contributed by atoms with van der Waals surface area (Å²) in [6, 6.07) is 5.66. The molecule has 0 spiro atoms. The first-order valence-electron chi connectivity index (χ1n) is 4.87. The van der Waals surface area contributed by atoms with Crippen LogP contribution in [0.15, 0.2) is 29.1 Å². The third-order valence-corrected chi connectivity index (χ3v) is 3.66. The van der Waals surface area contributed by atoms with Crippen LogP contribution in [0.3, 0.4) is 0 Å². The molecule has 3 rings (SSSR count). The highest BCUT2D eigenvalue weighted by molar-refractivity contribution is 7.22. The molecular weight excluding hydrogens is 260 g/mol. The van der Waals surface area contributed by atoms with E-state index >= 15 is 0 Å². The van der Waals surface area contributed by atoms with Gasteiger partial charge in [0.15, 0.2) is 11.0 Å². The molecule has 0 amide bonds. The van der Waals surface area contributed by atoms with E-state index < -0.39 is 0 Å². The van der Waals surface area contributed by atoms with Crippen LogP contribution in [-0.4, -0.2) is 15.1 Å². The van der Waals surface area contributed by atoms with Gasteiger partial charge in [0.25, 0.3) is 0 Å². The highest BCUT2D eigenvalue weighted by Gasteiger charge is 2.07. The molecule has 1 aromatic carbocycles. The fraction of sp³-hybridized carbons (Fsp3) is 0.100. The van der Waals surface area contributed by atoms with Gasteiger partial charge < -0.3 is 9.84 Å². The van der Waals surface area contributed by atoms with Gasteiger partial charge >= 0.3 is 0 Å². The van der Waals surface area contributed by atoms with Crippen molar-refractivity contribution < 1.29 is 4.52 Å². The first kappa shape index (κ1) is 10.5. The summed E-state index contributed by atoms with van der Waals surface area (Å²) in [7, 11) is 0. The predicted octanol–water partition coefficient (Wildman–Crippen LogP) is 2.94. The predicted molar refractivity (Wildman–Crippen MR) is 66.3 cm³/mol. The van der Waals surface area contributed by atoms with E-state index in [1.807, 2.05) is 18.2 Å². The van der Waals surface area contributed by atoms with Crippen molar-refractivity contribution in [3.63, 3.8) is 0 Å². The number of hydrogen-bond donors (Lipinski definition) is 1. The lowest BCUT2D eigenvalue weighted by atomic mass is 10.3. The Bertz CT molecular complexity index is 637. The molecule has 3 aromatic rings. The molecule has 0 bridgehead atoms. The second-order valence-electron chi connectivity index (χ2n) is 3.31. The molecule has 5 nitrogen and oxygen atoms in total. The van der Waals surface area contributed by atoms with Gasteiger partial charge in [-0.15, -0.1) is 0 Å². The van der Waals surface area contributed by atoms with Gasteiger partial charge in [-0.2, -0.15) is 4.98 Å². The summed E-state index contributed by atoms with van der Waals surface area (Å²) in [4.78, 5) is 8.32. The van der Waals surface area contributed by atoms with E-state index in [0.29, 0.717) is 17.4 Å². The van der Waals surface area contributed by atoms with Gasteiger partial charge in [-0.3, -0.25) is 0 Å². The fourth-order valence-corrected chi connectivity index (χ4v) is 2.57. The lowest BCUT2D eigenvalue weighted by molar-refractivity contribution is 0.411. The zero-order chi connectivity index (χ0) is 11.7. The van der Waals surface area contributed by atoms with E-state index in [2.05, 4.69) is 25.0 Å². The molecule has 0 unspecified atom stereocenters. The maximum atomic E-state index is 6.07. The van der Waals surface area contributed by atoms with E-state index in [9.17, 15) is 0 Å². The second kappa shape index (κ2) is 4.31. The van der Waals surface area contributed by atoms with Crippen molar-refractivity contribution in [3.8, 4) is 0 Å². The number of benzene rings is 1.